The van der Waals surface area contributed by atoms with E-state index in [-0.39, 0.29) is 18.3 Å². The molecule has 0 saturated carbocycles. The van der Waals surface area contributed by atoms with Crippen LogP contribution in [-0.2, 0) is 4.79 Å². The highest BCUT2D eigenvalue weighted by molar-refractivity contribution is 6.06. The number of ether oxygens (including phenoxy) is 1. The maximum Gasteiger partial charge on any atom is 0.259 e. The lowest BCUT2D eigenvalue weighted by molar-refractivity contribution is -0.130. The van der Waals surface area contributed by atoms with Crippen LogP contribution in [0.25, 0.3) is 6.08 Å². The highest BCUT2D eigenvalue weighted by Gasteiger charge is 2.06. The van der Waals surface area contributed by atoms with Gasteiger partial charge in [0.1, 0.15) is 11.6 Å². The number of imidazole rings is 1. The Morgan fingerprint density at radius 1 is 1.27 bits per heavy atom. The van der Waals surface area contributed by atoms with Gasteiger partial charge in [0, 0.05) is 32.1 Å². The van der Waals surface area contributed by atoms with Gasteiger partial charge >= 0.3 is 0 Å². The van der Waals surface area contributed by atoms with E-state index in [0.717, 1.165) is 0 Å². The molecule has 0 bridgehead atoms. The van der Waals surface area contributed by atoms with E-state index >= 15 is 0 Å². The number of hydrogen-bond acceptors (Lipinski definition) is 4. The Labute approximate surface area is 128 Å². The first kappa shape index (κ1) is 15.5. The maximum absolute atomic E-state index is 12.0. The number of rotatable bonds is 6. The van der Waals surface area contributed by atoms with Crippen LogP contribution in [0.5, 0.6) is 5.75 Å². The molecule has 114 valence electrons. The average molecular weight is 299 g/mol. The van der Waals surface area contributed by atoms with Gasteiger partial charge in [-0.25, -0.2) is 4.98 Å². The van der Waals surface area contributed by atoms with Gasteiger partial charge in [-0.3, -0.25) is 9.59 Å². The van der Waals surface area contributed by atoms with Crippen LogP contribution in [0.15, 0.2) is 42.7 Å². The topological polar surface area (TPSA) is 75.3 Å². The molecule has 0 atom stereocenters. The number of amides is 1. The third kappa shape index (κ3) is 4.31. The zero-order chi connectivity index (χ0) is 15.9. The first-order chi connectivity index (χ1) is 10.6. The Kier molecular flexibility index (Phi) is 5.08. The van der Waals surface area contributed by atoms with Crippen LogP contribution < -0.4 is 4.74 Å². The van der Waals surface area contributed by atoms with Crippen LogP contribution >= 0.6 is 0 Å². The van der Waals surface area contributed by atoms with Gasteiger partial charge in [0.25, 0.3) is 5.91 Å². The van der Waals surface area contributed by atoms with Gasteiger partial charge in [-0.2, -0.15) is 0 Å². The third-order valence-corrected chi connectivity index (χ3v) is 2.91. The second-order valence-corrected chi connectivity index (χ2v) is 4.77. The van der Waals surface area contributed by atoms with Crippen molar-refractivity contribution in [1.29, 1.82) is 0 Å². The molecular formula is C16H17N3O3. The zero-order valence-electron chi connectivity index (χ0n) is 12.4. The van der Waals surface area contributed by atoms with Gasteiger partial charge in [0.05, 0.1) is 0 Å². The van der Waals surface area contributed by atoms with Gasteiger partial charge in [-0.1, -0.05) is 0 Å². The Morgan fingerprint density at radius 2 is 2.00 bits per heavy atom. The zero-order valence-corrected chi connectivity index (χ0v) is 12.4. The first-order valence-corrected chi connectivity index (χ1v) is 6.71. The lowest BCUT2D eigenvalue weighted by Gasteiger charge is -2.11. The van der Waals surface area contributed by atoms with Crippen molar-refractivity contribution >= 4 is 17.8 Å². The number of allylic oxidation sites excluding steroid dienone is 1. The van der Waals surface area contributed by atoms with E-state index in [1.807, 2.05) is 0 Å². The highest BCUT2D eigenvalue weighted by Crippen LogP contribution is 2.13. The summed E-state index contributed by atoms with van der Waals surface area (Å²) in [5.41, 5.74) is 0.536. The van der Waals surface area contributed by atoms with Gasteiger partial charge in [-0.05, 0) is 36.4 Å². The van der Waals surface area contributed by atoms with Crippen LogP contribution in [0.4, 0.5) is 0 Å². The minimum atomic E-state index is -0.132. The van der Waals surface area contributed by atoms with E-state index in [9.17, 15) is 9.59 Å². The molecule has 1 aromatic carbocycles. The molecule has 1 N–H and O–H groups in total. The average Bonchev–Trinajstić information content (AvgIpc) is 3.04. The fourth-order valence-electron chi connectivity index (χ4n) is 1.61. The lowest BCUT2D eigenvalue weighted by Crippen LogP contribution is -2.27. The van der Waals surface area contributed by atoms with Crippen molar-refractivity contribution in [3.05, 3.63) is 54.1 Å². The van der Waals surface area contributed by atoms with E-state index in [4.69, 9.17) is 4.74 Å². The van der Waals surface area contributed by atoms with Crippen molar-refractivity contribution in [1.82, 2.24) is 14.9 Å². The monoisotopic (exact) mass is 299 g/mol. The van der Waals surface area contributed by atoms with E-state index in [1.165, 1.54) is 11.0 Å². The number of likely N-dealkylation sites (N-methyl/N-ethyl adjacent to an activating group) is 1. The molecule has 0 saturated heterocycles. The van der Waals surface area contributed by atoms with Crippen LogP contribution in [0.3, 0.4) is 0 Å². The lowest BCUT2D eigenvalue weighted by atomic mass is 10.1. The van der Waals surface area contributed by atoms with Gasteiger partial charge < -0.3 is 14.6 Å². The number of benzene rings is 1. The second kappa shape index (κ2) is 7.21. The Morgan fingerprint density at radius 3 is 2.59 bits per heavy atom. The normalized spacial score (nSPS) is 10.6. The minimum Gasteiger partial charge on any atom is -0.484 e. The summed E-state index contributed by atoms with van der Waals surface area (Å²) in [7, 11) is 3.33. The summed E-state index contributed by atoms with van der Waals surface area (Å²) in [5, 5.41) is 0. The predicted molar refractivity (Wildman–Crippen MR) is 82.6 cm³/mol. The van der Waals surface area contributed by atoms with E-state index in [1.54, 1.807) is 56.8 Å². The number of ketones is 1. The fraction of sp³-hybridized carbons (Fsp3) is 0.188. The molecule has 0 aliphatic rings. The number of hydrogen-bond donors (Lipinski definition) is 1. The van der Waals surface area contributed by atoms with Crippen molar-refractivity contribution in [2.24, 2.45) is 0 Å². The van der Waals surface area contributed by atoms with Crippen molar-refractivity contribution < 1.29 is 14.3 Å². The molecule has 22 heavy (non-hydrogen) atoms. The molecule has 0 unspecified atom stereocenters. The first-order valence-electron chi connectivity index (χ1n) is 6.71. The summed E-state index contributed by atoms with van der Waals surface area (Å²) in [6.45, 7) is -0.0291. The molecule has 1 amide bonds. The second-order valence-electron chi connectivity index (χ2n) is 4.77. The molecule has 0 fully saturated rings. The molecule has 0 aliphatic heterocycles. The number of carbonyl (C=O) groups excluding carboxylic acids is 2. The summed E-state index contributed by atoms with van der Waals surface area (Å²) in [6, 6.07) is 6.64. The standard InChI is InChI=1S/C16H17N3O3/c1-19(2)16(21)11-22-13-5-3-12(4-6-13)14(20)7-8-15-17-9-10-18-15/h3-10H,11H2,1-2H3,(H,17,18)/b8-7+. The molecule has 0 radical (unpaired) electrons. The largest absolute Gasteiger partial charge is 0.484 e. The van der Waals surface area contributed by atoms with Crippen molar-refractivity contribution in [3.63, 3.8) is 0 Å². The predicted octanol–water partition coefficient (Wildman–Crippen LogP) is 1.77. The smallest absolute Gasteiger partial charge is 0.259 e. The van der Waals surface area contributed by atoms with Crippen LogP contribution in [-0.4, -0.2) is 47.3 Å². The number of carbonyl (C=O) groups is 2. The Bertz CT molecular complexity index is 658. The maximum atomic E-state index is 12.0. The third-order valence-electron chi connectivity index (χ3n) is 2.91. The number of nitrogens with zero attached hydrogens (tertiary/aromatic N) is 2. The van der Waals surface area contributed by atoms with Crippen LogP contribution in [0.2, 0.25) is 0 Å². The van der Waals surface area contributed by atoms with Gasteiger partial charge in [-0.15, -0.1) is 0 Å². The molecule has 1 heterocycles. The summed E-state index contributed by atoms with van der Waals surface area (Å²) in [5.74, 6) is 0.908. The minimum absolute atomic E-state index is 0.0291. The number of aromatic amines is 1. The molecule has 2 rings (SSSR count). The van der Waals surface area contributed by atoms with Gasteiger partial charge in [0.15, 0.2) is 12.4 Å². The molecule has 0 aliphatic carbocycles. The quantitative estimate of drug-likeness (QED) is 0.651. The number of aromatic nitrogens is 2. The van der Waals surface area contributed by atoms with Crippen molar-refractivity contribution in [3.8, 4) is 5.75 Å². The Balaban J connectivity index is 1.93. The molecule has 2 aromatic rings. The van der Waals surface area contributed by atoms with Gasteiger partial charge in [0.2, 0.25) is 0 Å². The summed E-state index contributed by atoms with van der Waals surface area (Å²) >= 11 is 0. The van der Waals surface area contributed by atoms with E-state index < -0.39 is 0 Å². The summed E-state index contributed by atoms with van der Waals surface area (Å²) in [4.78, 5) is 31.7. The Hall–Kier alpha value is -2.89. The van der Waals surface area contributed by atoms with Crippen LogP contribution in [0.1, 0.15) is 16.2 Å². The van der Waals surface area contributed by atoms with Crippen molar-refractivity contribution in [2.45, 2.75) is 0 Å². The number of nitrogens with one attached hydrogen (secondary N) is 1. The SMILES string of the molecule is CN(C)C(=O)COc1ccc(C(=O)/C=C/c2ncc[nH]2)cc1. The molecular weight excluding hydrogens is 282 g/mol. The van der Waals surface area contributed by atoms with Crippen molar-refractivity contribution in [2.75, 3.05) is 20.7 Å². The molecule has 0 spiro atoms. The van der Waals surface area contributed by atoms with E-state index in [2.05, 4.69) is 9.97 Å². The molecule has 6 nitrogen and oxygen atoms in total. The fourth-order valence-corrected chi connectivity index (χ4v) is 1.61. The van der Waals surface area contributed by atoms with Crippen LogP contribution in [0, 0.1) is 0 Å². The molecule has 6 heteroatoms. The number of H-pyrrole nitrogens is 1. The summed E-state index contributed by atoms with van der Waals surface area (Å²) < 4.78 is 5.35. The summed E-state index contributed by atoms with van der Waals surface area (Å²) in [6.07, 6.45) is 6.36. The van der Waals surface area contributed by atoms with E-state index in [0.29, 0.717) is 17.1 Å². The highest BCUT2D eigenvalue weighted by atomic mass is 16.5. The molecule has 1 aromatic heterocycles.